The Bertz CT molecular complexity index is 91.0. The summed E-state index contributed by atoms with van der Waals surface area (Å²) in [6, 6.07) is 0. The summed E-state index contributed by atoms with van der Waals surface area (Å²) in [5.41, 5.74) is -0.436. The smallest absolute Gasteiger partial charge is 0.189 e. The highest BCUT2D eigenvalue weighted by Crippen LogP contribution is 2.08. The van der Waals surface area contributed by atoms with Crippen LogP contribution in [0.2, 0.25) is 0 Å². The number of quaternary nitrogens is 1. The quantitative estimate of drug-likeness (QED) is 0.277. The minimum absolute atomic E-state index is 0.206. The fourth-order valence-corrected chi connectivity index (χ4v) is 1.28. The van der Waals surface area contributed by atoms with E-state index in [0.29, 0.717) is 6.42 Å². The van der Waals surface area contributed by atoms with Crippen LogP contribution in [0.3, 0.4) is 0 Å². The number of aliphatic hydroxyl groups excluding tert-OH is 1. The molecule has 0 bridgehead atoms. The molecule has 0 aromatic rings. The normalized spacial score (nSPS) is 45.0. The van der Waals surface area contributed by atoms with Crippen LogP contribution >= 0.6 is 11.6 Å². The first-order valence-electron chi connectivity index (χ1n) is 3.07. The first-order chi connectivity index (χ1) is 4.22. The van der Waals surface area contributed by atoms with Crippen molar-refractivity contribution in [1.82, 2.24) is 0 Å². The van der Waals surface area contributed by atoms with Gasteiger partial charge in [0, 0.05) is 12.8 Å². The van der Waals surface area contributed by atoms with Crippen molar-refractivity contribution in [2.24, 2.45) is 0 Å². The molecule has 0 spiro atoms. The van der Waals surface area contributed by atoms with Crippen LogP contribution in [0.15, 0.2) is 0 Å². The third-order valence-electron chi connectivity index (χ3n) is 1.57. The van der Waals surface area contributed by atoms with E-state index < -0.39 is 11.7 Å². The van der Waals surface area contributed by atoms with Gasteiger partial charge in [-0.1, -0.05) is 11.6 Å². The zero-order valence-electron chi connectivity index (χ0n) is 5.01. The molecule has 9 heavy (non-hydrogen) atoms. The van der Waals surface area contributed by atoms with Gasteiger partial charge in [-0.05, 0) is 6.42 Å². The fourth-order valence-electron chi connectivity index (χ4n) is 0.984. The van der Waals surface area contributed by atoms with Crippen molar-refractivity contribution in [1.29, 1.82) is 0 Å². The molecule has 1 aliphatic rings. The number of rotatable bonds is 0. The Morgan fingerprint density at radius 3 is 2.67 bits per heavy atom. The molecule has 54 valence electrons. The number of halogens is 1. The number of piperidine rings is 1. The molecule has 1 rings (SSSR count). The third kappa shape index (κ3) is 1.55. The van der Waals surface area contributed by atoms with Crippen molar-refractivity contribution in [3.8, 4) is 0 Å². The Morgan fingerprint density at radius 1 is 1.56 bits per heavy atom. The van der Waals surface area contributed by atoms with Crippen molar-refractivity contribution in [3.05, 3.63) is 5.21 Å². The van der Waals surface area contributed by atoms with E-state index in [9.17, 15) is 5.21 Å². The van der Waals surface area contributed by atoms with E-state index in [-0.39, 0.29) is 5.06 Å². The summed E-state index contributed by atoms with van der Waals surface area (Å²) >= 11 is 5.55. The maximum atomic E-state index is 10.7. The van der Waals surface area contributed by atoms with Gasteiger partial charge < -0.3 is 15.4 Å². The number of nitrogens with one attached hydrogen (secondary N) is 1. The number of hydroxylamine groups is 2. The topological polar surface area (TPSA) is 47.7 Å². The monoisotopic (exact) mass is 151 g/mol. The lowest BCUT2D eigenvalue weighted by atomic mass is 10.1. The molecular weight excluding hydrogens is 142 g/mol. The highest BCUT2D eigenvalue weighted by atomic mass is 35.5. The molecule has 1 saturated heterocycles. The lowest BCUT2D eigenvalue weighted by molar-refractivity contribution is -0.917. The summed E-state index contributed by atoms with van der Waals surface area (Å²) in [7, 11) is 0. The number of hydrogen-bond donors (Lipinski definition) is 2. The minimum Gasteiger partial charge on any atom is -0.631 e. The van der Waals surface area contributed by atoms with Gasteiger partial charge in [-0.2, -0.15) is 0 Å². The molecular formula is C5H10ClNO2. The van der Waals surface area contributed by atoms with Gasteiger partial charge in [0.1, 0.15) is 0 Å². The summed E-state index contributed by atoms with van der Waals surface area (Å²) in [4.78, 5) is 0. The molecule has 3 unspecified atom stereocenters. The molecule has 0 radical (unpaired) electrons. The number of alkyl halides is 1. The average Bonchev–Trinajstić information content (AvgIpc) is 1.83. The molecule has 0 amide bonds. The van der Waals surface area contributed by atoms with Crippen molar-refractivity contribution in [2.75, 3.05) is 0 Å². The number of aliphatic hydroxyl groups is 1. The Hall–Kier alpha value is 0.170. The molecule has 0 aliphatic carbocycles. The Kier molecular flexibility index (Phi) is 2.29. The SMILES string of the molecule is [O-][NH+]1C(O)CCCC1Cl. The van der Waals surface area contributed by atoms with Gasteiger partial charge in [-0.25, -0.2) is 0 Å². The van der Waals surface area contributed by atoms with Crippen LogP contribution in [0.4, 0.5) is 0 Å². The Morgan fingerprint density at radius 2 is 2.22 bits per heavy atom. The highest BCUT2D eigenvalue weighted by molar-refractivity contribution is 6.19. The predicted molar refractivity (Wildman–Crippen MR) is 33.8 cm³/mol. The van der Waals surface area contributed by atoms with E-state index in [1.807, 2.05) is 0 Å². The lowest BCUT2D eigenvalue weighted by Gasteiger charge is -2.35. The van der Waals surface area contributed by atoms with E-state index in [0.717, 1.165) is 12.8 Å². The number of hydrogen-bond acceptors (Lipinski definition) is 2. The summed E-state index contributed by atoms with van der Waals surface area (Å²) in [5.74, 6) is 0. The zero-order chi connectivity index (χ0) is 6.85. The molecule has 0 aromatic heterocycles. The van der Waals surface area contributed by atoms with Crippen LogP contribution in [0, 0.1) is 5.21 Å². The van der Waals surface area contributed by atoms with Gasteiger partial charge in [0.15, 0.2) is 11.7 Å². The predicted octanol–water partition coefficient (Wildman–Crippen LogP) is -0.564. The van der Waals surface area contributed by atoms with E-state index in [1.54, 1.807) is 0 Å². The van der Waals surface area contributed by atoms with Gasteiger partial charge in [0.25, 0.3) is 0 Å². The van der Waals surface area contributed by atoms with Crippen LogP contribution in [-0.2, 0) is 0 Å². The molecule has 2 N–H and O–H groups in total. The summed E-state index contributed by atoms with van der Waals surface area (Å²) in [6.07, 6.45) is 1.38. The average molecular weight is 152 g/mol. The van der Waals surface area contributed by atoms with Gasteiger partial charge in [0.05, 0.1) is 0 Å². The molecule has 0 saturated carbocycles. The molecule has 0 aromatic carbocycles. The van der Waals surface area contributed by atoms with E-state index in [4.69, 9.17) is 16.7 Å². The van der Waals surface area contributed by atoms with Crippen molar-refractivity contribution < 1.29 is 10.2 Å². The summed E-state index contributed by atoms with van der Waals surface area (Å²) in [6.45, 7) is 0. The second kappa shape index (κ2) is 2.84. The maximum absolute atomic E-state index is 10.7. The Labute approximate surface area is 58.8 Å². The van der Waals surface area contributed by atoms with Crippen LogP contribution in [0.5, 0.6) is 0 Å². The third-order valence-corrected chi connectivity index (χ3v) is 2.01. The molecule has 1 aliphatic heterocycles. The van der Waals surface area contributed by atoms with Crippen LogP contribution < -0.4 is 5.06 Å². The first-order valence-corrected chi connectivity index (χ1v) is 3.51. The fraction of sp³-hybridized carbons (Fsp3) is 1.00. The second-order valence-corrected chi connectivity index (χ2v) is 2.84. The Balaban J connectivity index is 2.41. The van der Waals surface area contributed by atoms with Gasteiger partial charge in [-0.3, -0.25) is 0 Å². The zero-order valence-corrected chi connectivity index (χ0v) is 5.77. The van der Waals surface area contributed by atoms with E-state index in [1.165, 1.54) is 0 Å². The van der Waals surface area contributed by atoms with Crippen LogP contribution in [-0.4, -0.2) is 16.8 Å². The first kappa shape index (κ1) is 7.28. The highest BCUT2D eigenvalue weighted by Gasteiger charge is 2.24. The van der Waals surface area contributed by atoms with Crippen LogP contribution in [0.25, 0.3) is 0 Å². The van der Waals surface area contributed by atoms with Crippen molar-refractivity contribution in [3.63, 3.8) is 0 Å². The summed E-state index contributed by atoms with van der Waals surface area (Å²) in [5, 5.41) is 19.5. The lowest BCUT2D eigenvalue weighted by Crippen LogP contribution is -3.15. The molecule has 1 heterocycles. The largest absolute Gasteiger partial charge is 0.631 e. The van der Waals surface area contributed by atoms with Gasteiger partial charge >= 0.3 is 0 Å². The second-order valence-electron chi connectivity index (χ2n) is 2.32. The summed E-state index contributed by atoms with van der Waals surface area (Å²) < 4.78 is 0. The molecule has 1 fully saturated rings. The van der Waals surface area contributed by atoms with Crippen molar-refractivity contribution >= 4 is 11.6 Å². The van der Waals surface area contributed by atoms with Gasteiger partial charge in [0.2, 0.25) is 0 Å². The standard InChI is InChI=1S/C5H10ClNO2/c6-4-2-1-3-5(8)7(4)9/h4-5,7-8H,1-3H2. The molecule has 3 atom stereocenters. The molecule has 3 nitrogen and oxygen atoms in total. The van der Waals surface area contributed by atoms with E-state index in [2.05, 4.69) is 0 Å². The minimum atomic E-state index is -0.791. The van der Waals surface area contributed by atoms with Crippen molar-refractivity contribution in [2.45, 2.75) is 31.0 Å². The molecule has 4 heteroatoms. The van der Waals surface area contributed by atoms with Gasteiger partial charge in [-0.15, -0.1) is 0 Å². The van der Waals surface area contributed by atoms with Crippen LogP contribution in [0.1, 0.15) is 19.3 Å². The maximum Gasteiger partial charge on any atom is 0.189 e. The van der Waals surface area contributed by atoms with E-state index >= 15 is 0 Å².